The van der Waals surface area contributed by atoms with Gasteiger partial charge >= 0.3 is 0 Å². The second-order valence-corrected chi connectivity index (χ2v) is 11.1. The van der Waals surface area contributed by atoms with Crippen LogP contribution in [-0.2, 0) is 17.9 Å². The Morgan fingerprint density at radius 1 is 0.833 bits per heavy atom. The van der Waals surface area contributed by atoms with E-state index in [2.05, 4.69) is 50.0 Å². The van der Waals surface area contributed by atoms with Gasteiger partial charge in [-0.3, -0.25) is 19.6 Å². The third-order valence-electron chi connectivity index (χ3n) is 8.22. The molecule has 1 unspecified atom stereocenters. The Bertz CT molecular complexity index is 937. The summed E-state index contributed by atoms with van der Waals surface area (Å²) in [5, 5.41) is 0. The molecule has 3 fully saturated rings. The van der Waals surface area contributed by atoms with E-state index in [1.165, 1.54) is 36.8 Å². The van der Waals surface area contributed by atoms with Crippen LogP contribution in [0, 0.1) is 11.8 Å². The van der Waals surface area contributed by atoms with E-state index in [9.17, 15) is 4.79 Å². The van der Waals surface area contributed by atoms with Crippen LogP contribution in [0.5, 0.6) is 5.75 Å². The van der Waals surface area contributed by atoms with E-state index < -0.39 is 0 Å². The lowest BCUT2D eigenvalue weighted by Crippen LogP contribution is -2.45. The minimum absolute atomic E-state index is 0.369. The van der Waals surface area contributed by atoms with Crippen molar-refractivity contribution in [3.8, 4) is 5.75 Å². The van der Waals surface area contributed by atoms with E-state index >= 15 is 0 Å². The molecule has 1 atom stereocenters. The van der Waals surface area contributed by atoms with Crippen molar-refractivity contribution in [3.05, 3.63) is 59.9 Å². The first-order valence-corrected chi connectivity index (χ1v) is 14.0. The zero-order valence-corrected chi connectivity index (χ0v) is 21.7. The predicted octanol–water partition coefficient (Wildman–Crippen LogP) is 4.60. The van der Waals surface area contributed by atoms with Crippen LogP contribution in [0.4, 0.5) is 0 Å². The molecule has 5 rings (SSSR count). The molecule has 2 saturated heterocycles. The van der Waals surface area contributed by atoms with Crippen LogP contribution in [-0.4, -0.2) is 71.5 Å². The lowest BCUT2D eigenvalue weighted by molar-refractivity contribution is -0.134. The van der Waals surface area contributed by atoms with Crippen LogP contribution < -0.4 is 4.74 Å². The number of hydrogen-bond acceptors (Lipinski definition) is 5. The first-order chi connectivity index (χ1) is 17.7. The number of carbonyl (C=O) groups is 1. The molecule has 0 radical (unpaired) electrons. The summed E-state index contributed by atoms with van der Waals surface area (Å²) in [7, 11) is 0. The Labute approximate surface area is 216 Å². The number of amides is 1. The third-order valence-corrected chi connectivity index (χ3v) is 8.22. The molecule has 6 heteroatoms. The van der Waals surface area contributed by atoms with Gasteiger partial charge in [0.15, 0.2) is 0 Å². The highest BCUT2D eigenvalue weighted by molar-refractivity contribution is 5.76. The molecular formula is C30H42N4O2. The Balaban J connectivity index is 1.01. The number of pyridine rings is 1. The van der Waals surface area contributed by atoms with Crippen molar-refractivity contribution >= 4 is 5.91 Å². The zero-order valence-electron chi connectivity index (χ0n) is 21.7. The Hall–Kier alpha value is -2.44. The maximum absolute atomic E-state index is 12.8. The summed E-state index contributed by atoms with van der Waals surface area (Å²) in [5.41, 5.74) is 2.63. The lowest BCUT2D eigenvalue weighted by Gasteiger charge is -2.34. The van der Waals surface area contributed by atoms with Gasteiger partial charge in [-0.15, -0.1) is 0 Å². The summed E-state index contributed by atoms with van der Waals surface area (Å²) in [6.07, 6.45) is 11.9. The molecule has 0 spiro atoms. The highest BCUT2D eigenvalue weighted by Crippen LogP contribution is 2.29. The third kappa shape index (κ3) is 7.30. The minimum Gasteiger partial charge on any atom is -0.493 e. The van der Waals surface area contributed by atoms with Crippen molar-refractivity contribution in [3.63, 3.8) is 0 Å². The van der Waals surface area contributed by atoms with Crippen molar-refractivity contribution in [1.82, 2.24) is 19.7 Å². The number of aromatic nitrogens is 1. The van der Waals surface area contributed by atoms with Crippen LogP contribution in [0.2, 0.25) is 0 Å². The van der Waals surface area contributed by atoms with Gasteiger partial charge in [0, 0.05) is 77.1 Å². The van der Waals surface area contributed by atoms with Gasteiger partial charge in [-0.25, -0.2) is 0 Å². The molecular weight excluding hydrogens is 448 g/mol. The van der Waals surface area contributed by atoms with Crippen molar-refractivity contribution in [2.45, 2.75) is 58.0 Å². The zero-order chi connectivity index (χ0) is 24.6. The highest BCUT2D eigenvalue weighted by atomic mass is 16.5. The number of carbonyl (C=O) groups excluding carboxylic acids is 1. The number of nitrogens with zero attached hydrogens (tertiary/aromatic N) is 4. The summed E-state index contributed by atoms with van der Waals surface area (Å²) in [5.74, 6) is 2.38. The van der Waals surface area contributed by atoms with E-state index in [1.807, 2.05) is 18.5 Å². The minimum atomic E-state index is 0.369. The fourth-order valence-electron chi connectivity index (χ4n) is 6.04. The van der Waals surface area contributed by atoms with Gasteiger partial charge in [0.1, 0.15) is 5.75 Å². The van der Waals surface area contributed by atoms with Gasteiger partial charge in [0.05, 0.1) is 6.61 Å². The average molecular weight is 491 g/mol. The van der Waals surface area contributed by atoms with E-state index in [-0.39, 0.29) is 0 Å². The number of ether oxygens (including phenoxy) is 1. The number of benzene rings is 1. The van der Waals surface area contributed by atoms with Crippen molar-refractivity contribution in [2.75, 3.05) is 45.9 Å². The largest absolute Gasteiger partial charge is 0.493 e. The van der Waals surface area contributed by atoms with Gasteiger partial charge in [-0.2, -0.15) is 0 Å². The first-order valence-electron chi connectivity index (χ1n) is 14.0. The van der Waals surface area contributed by atoms with E-state index in [0.717, 1.165) is 77.4 Å². The van der Waals surface area contributed by atoms with E-state index in [0.29, 0.717) is 24.3 Å². The molecule has 3 aliphatic rings. The number of rotatable bonds is 9. The molecule has 6 nitrogen and oxygen atoms in total. The van der Waals surface area contributed by atoms with Gasteiger partial charge in [0.2, 0.25) is 5.91 Å². The molecule has 3 heterocycles. The molecule has 1 aliphatic carbocycles. The molecule has 0 N–H and O–H groups in total. The smallest absolute Gasteiger partial charge is 0.222 e. The molecule has 1 aromatic heterocycles. The Morgan fingerprint density at radius 3 is 2.22 bits per heavy atom. The quantitative estimate of drug-likeness (QED) is 0.514. The molecule has 1 amide bonds. The number of likely N-dealkylation sites (tertiary alicyclic amines) is 1. The van der Waals surface area contributed by atoms with Crippen molar-refractivity contribution in [1.29, 1.82) is 0 Å². The van der Waals surface area contributed by atoms with Crippen molar-refractivity contribution in [2.24, 2.45) is 11.8 Å². The molecule has 2 aliphatic heterocycles. The molecule has 0 bridgehead atoms. The number of piperidine rings is 1. The molecule has 1 aromatic carbocycles. The summed E-state index contributed by atoms with van der Waals surface area (Å²) < 4.78 is 6.16. The second kappa shape index (κ2) is 12.7. The maximum atomic E-state index is 12.8. The number of piperazine rings is 1. The monoisotopic (exact) mass is 490 g/mol. The van der Waals surface area contributed by atoms with Crippen molar-refractivity contribution < 1.29 is 9.53 Å². The fourth-order valence-corrected chi connectivity index (χ4v) is 6.04. The van der Waals surface area contributed by atoms with Crippen LogP contribution in [0.15, 0.2) is 48.8 Å². The van der Waals surface area contributed by atoms with E-state index in [1.54, 1.807) is 0 Å². The van der Waals surface area contributed by atoms with Gasteiger partial charge < -0.3 is 9.64 Å². The predicted molar refractivity (Wildman–Crippen MR) is 143 cm³/mol. The van der Waals surface area contributed by atoms with Gasteiger partial charge in [-0.1, -0.05) is 31.0 Å². The number of hydrogen-bond donors (Lipinski definition) is 0. The molecule has 194 valence electrons. The molecule has 2 aromatic rings. The van der Waals surface area contributed by atoms with Crippen LogP contribution in [0.1, 0.15) is 56.1 Å². The standard InChI is InChI=1S/C30H42N4O2/c35-30(19-25-5-1-2-6-25)34-14-4-8-28(23-34)24-36-29-11-9-26(10-12-29)21-32-15-17-33(18-16-32)22-27-7-3-13-31-20-27/h3,7,9-13,20,25,28H,1-2,4-6,8,14-19,21-24H2. The van der Waals surface area contributed by atoms with Gasteiger partial charge in [-0.05, 0) is 60.9 Å². The summed E-state index contributed by atoms with van der Waals surface area (Å²) >= 11 is 0. The first kappa shape index (κ1) is 25.2. The molecule has 1 saturated carbocycles. The summed E-state index contributed by atoms with van der Waals surface area (Å²) in [6.45, 7) is 8.83. The topological polar surface area (TPSA) is 48.9 Å². The summed E-state index contributed by atoms with van der Waals surface area (Å²) in [6, 6.07) is 12.8. The SMILES string of the molecule is O=C(CC1CCCC1)N1CCCC(COc2ccc(CN3CCN(Cc4cccnc4)CC3)cc2)C1. The Morgan fingerprint density at radius 2 is 1.53 bits per heavy atom. The normalized spacial score (nSPS) is 22.1. The summed E-state index contributed by atoms with van der Waals surface area (Å²) in [4.78, 5) is 24.1. The van der Waals surface area contributed by atoms with Gasteiger partial charge in [0.25, 0.3) is 0 Å². The molecule has 36 heavy (non-hydrogen) atoms. The Kier molecular flexibility index (Phi) is 8.89. The van der Waals surface area contributed by atoms with Crippen LogP contribution in [0.3, 0.4) is 0 Å². The van der Waals surface area contributed by atoms with Crippen LogP contribution in [0.25, 0.3) is 0 Å². The highest BCUT2D eigenvalue weighted by Gasteiger charge is 2.27. The maximum Gasteiger partial charge on any atom is 0.222 e. The average Bonchev–Trinajstić information content (AvgIpc) is 3.43. The second-order valence-electron chi connectivity index (χ2n) is 11.1. The van der Waals surface area contributed by atoms with Crippen LogP contribution >= 0.6 is 0 Å². The fraction of sp³-hybridized carbons (Fsp3) is 0.600. The lowest BCUT2D eigenvalue weighted by atomic mass is 9.97. The van der Waals surface area contributed by atoms with E-state index in [4.69, 9.17) is 4.74 Å².